The van der Waals surface area contributed by atoms with Gasteiger partial charge in [-0.15, -0.1) is 0 Å². The number of sulfonamides is 1. The van der Waals surface area contributed by atoms with Gasteiger partial charge >= 0.3 is 0 Å². The van der Waals surface area contributed by atoms with Gasteiger partial charge in [0.05, 0.1) is 10.9 Å². The molecule has 1 aliphatic heterocycles. The van der Waals surface area contributed by atoms with E-state index in [4.69, 9.17) is 11.6 Å². The summed E-state index contributed by atoms with van der Waals surface area (Å²) >= 11 is 5.83. The third kappa shape index (κ3) is 5.14. The van der Waals surface area contributed by atoms with E-state index in [1.807, 2.05) is 4.90 Å². The molecule has 2 aromatic rings. The lowest BCUT2D eigenvalue weighted by Gasteiger charge is -2.36. The average molecular weight is 440 g/mol. The first-order chi connectivity index (χ1) is 13.8. The summed E-state index contributed by atoms with van der Waals surface area (Å²) in [4.78, 5) is 14.6. The monoisotopic (exact) mass is 439 g/mol. The Bertz CT molecular complexity index is 961. The molecule has 0 radical (unpaired) electrons. The number of carbonyl (C=O) groups is 1. The molecular weight excluding hydrogens is 417 g/mol. The van der Waals surface area contributed by atoms with E-state index in [0.717, 1.165) is 0 Å². The zero-order valence-electron chi connectivity index (χ0n) is 16.0. The highest BCUT2D eigenvalue weighted by Crippen LogP contribution is 2.20. The molecular formula is C20H23ClFN3O3S. The molecule has 6 nitrogen and oxygen atoms in total. The molecule has 1 fully saturated rings. The second-order valence-corrected chi connectivity index (χ2v) is 9.25. The Morgan fingerprint density at radius 2 is 1.72 bits per heavy atom. The van der Waals surface area contributed by atoms with Crippen molar-refractivity contribution in [3.63, 3.8) is 0 Å². The molecule has 1 aliphatic rings. The van der Waals surface area contributed by atoms with Crippen molar-refractivity contribution in [1.82, 2.24) is 14.5 Å². The number of hydrogen-bond donors (Lipinski definition) is 1. The van der Waals surface area contributed by atoms with E-state index in [9.17, 15) is 17.6 Å². The lowest BCUT2D eigenvalue weighted by atomic mass is 10.2. The summed E-state index contributed by atoms with van der Waals surface area (Å²) < 4.78 is 40.6. The van der Waals surface area contributed by atoms with Crippen molar-refractivity contribution in [2.24, 2.45) is 0 Å². The lowest BCUT2D eigenvalue weighted by molar-refractivity contribution is -0.126. The van der Waals surface area contributed by atoms with Crippen LogP contribution >= 0.6 is 11.6 Å². The number of piperazine rings is 1. The molecule has 9 heteroatoms. The van der Waals surface area contributed by atoms with E-state index >= 15 is 0 Å². The van der Waals surface area contributed by atoms with Gasteiger partial charge in [0.1, 0.15) is 5.82 Å². The lowest BCUT2D eigenvalue weighted by Crippen LogP contribution is -2.54. The molecule has 1 saturated heterocycles. The summed E-state index contributed by atoms with van der Waals surface area (Å²) in [5.74, 6) is -0.580. The van der Waals surface area contributed by atoms with Gasteiger partial charge in [-0.1, -0.05) is 29.8 Å². The maximum atomic E-state index is 13.7. The number of halogens is 2. The maximum absolute atomic E-state index is 13.7. The molecule has 0 spiro atoms. The van der Waals surface area contributed by atoms with Crippen molar-refractivity contribution in [2.75, 3.05) is 26.2 Å². The molecule has 0 aromatic heterocycles. The van der Waals surface area contributed by atoms with E-state index in [1.165, 1.54) is 22.5 Å². The second kappa shape index (κ2) is 9.21. The Morgan fingerprint density at radius 3 is 2.34 bits per heavy atom. The van der Waals surface area contributed by atoms with E-state index in [2.05, 4.69) is 5.32 Å². The fourth-order valence-electron chi connectivity index (χ4n) is 3.22. The molecule has 1 unspecified atom stereocenters. The van der Waals surface area contributed by atoms with Gasteiger partial charge in [-0.25, -0.2) is 12.8 Å². The second-order valence-electron chi connectivity index (χ2n) is 6.88. The normalized spacial score (nSPS) is 17.1. The largest absolute Gasteiger partial charge is 0.351 e. The quantitative estimate of drug-likeness (QED) is 0.750. The van der Waals surface area contributed by atoms with Gasteiger partial charge in [-0.2, -0.15) is 4.31 Å². The van der Waals surface area contributed by atoms with Crippen molar-refractivity contribution in [1.29, 1.82) is 0 Å². The van der Waals surface area contributed by atoms with Crippen LogP contribution in [0.3, 0.4) is 0 Å². The van der Waals surface area contributed by atoms with Crippen LogP contribution < -0.4 is 5.32 Å². The predicted molar refractivity (Wildman–Crippen MR) is 109 cm³/mol. The van der Waals surface area contributed by atoms with Gasteiger partial charge in [0, 0.05) is 43.3 Å². The number of rotatable bonds is 6. The zero-order valence-corrected chi connectivity index (χ0v) is 17.6. The first-order valence-electron chi connectivity index (χ1n) is 9.30. The molecule has 1 atom stereocenters. The fraction of sp³-hybridized carbons (Fsp3) is 0.350. The van der Waals surface area contributed by atoms with Gasteiger partial charge in [0.2, 0.25) is 15.9 Å². The zero-order chi connectivity index (χ0) is 21.0. The van der Waals surface area contributed by atoms with Gasteiger partial charge in [-0.05, 0) is 37.3 Å². The molecule has 0 aliphatic carbocycles. The van der Waals surface area contributed by atoms with Crippen molar-refractivity contribution < 1.29 is 17.6 Å². The number of amides is 1. The average Bonchev–Trinajstić information content (AvgIpc) is 2.73. The third-order valence-corrected chi connectivity index (χ3v) is 7.23. The smallest absolute Gasteiger partial charge is 0.243 e. The summed E-state index contributed by atoms with van der Waals surface area (Å²) in [5, 5.41) is 3.22. The van der Waals surface area contributed by atoms with Crippen LogP contribution in [0.25, 0.3) is 0 Å². The molecule has 2 aromatic carbocycles. The van der Waals surface area contributed by atoms with E-state index in [1.54, 1.807) is 37.3 Å². The highest BCUT2D eigenvalue weighted by molar-refractivity contribution is 7.89. The molecule has 1 heterocycles. The van der Waals surface area contributed by atoms with Crippen molar-refractivity contribution >= 4 is 27.5 Å². The van der Waals surface area contributed by atoms with Crippen molar-refractivity contribution in [3.05, 3.63) is 64.9 Å². The van der Waals surface area contributed by atoms with Crippen molar-refractivity contribution in [2.45, 2.75) is 24.4 Å². The molecule has 3 rings (SSSR count). The van der Waals surface area contributed by atoms with Gasteiger partial charge in [0.25, 0.3) is 0 Å². The highest BCUT2D eigenvalue weighted by atomic mass is 35.5. The molecule has 29 heavy (non-hydrogen) atoms. The van der Waals surface area contributed by atoms with E-state index < -0.39 is 16.1 Å². The number of nitrogens with one attached hydrogen (secondary N) is 1. The minimum absolute atomic E-state index is 0.112. The maximum Gasteiger partial charge on any atom is 0.243 e. The van der Waals surface area contributed by atoms with Crippen LogP contribution in [0.5, 0.6) is 0 Å². The Morgan fingerprint density at radius 1 is 1.10 bits per heavy atom. The standard InChI is InChI=1S/C20H23ClFN3O3S/c1-15(20(26)23-14-16-4-2-3-5-19(16)22)24-10-12-25(13-11-24)29(27,28)18-8-6-17(21)7-9-18/h2-9,15H,10-14H2,1H3,(H,23,26). The Labute approximate surface area is 175 Å². The molecule has 1 amide bonds. The molecule has 0 saturated carbocycles. The number of hydrogen-bond acceptors (Lipinski definition) is 4. The summed E-state index contributed by atoms with van der Waals surface area (Å²) in [5.41, 5.74) is 0.423. The van der Waals surface area contributed by atoms with Crippen LogP contribution in [0.1, 0.15) is 12.5 Å². The Hall–Kier alpha value is -2.00. The molecule has 1 N–H and O–H groups in total. The topological polar surface area (TPSA) is 69.7 Å². The molecule has 156 valence electrons. The minimum Gasteiger partial charge on any atom is -0.351 e. The number of benzene rings is 2. The SMILES string of the molecule is CC(C(=O)NCc1ccccc1F)N1CCN(S(=O)(=O)c2ccc(Cl)cc2)CC1. The first-order valence-corrected chi connectivity index (χ1v) is 11.1. The van der Waals surface area contributed by atoms with Crippen LogP contribution in [0.4, 0.5) is 4.39 Å². The van der Waals surface area contributed by atoms with Crippen molar-refractivity contribution in [3.8, 4) is 0 Å². The van der Waals surface area contributed by atoms with Crippen LogP contribution in [0.2, 0.25) is 5.02 Å². The van der Waals surface area contributed by atoms with Gasteiger partial charge < -0.3 is 5.32 Å². The summed E-state index contributed by atoms with van der Waals surface area (Å²) in [7, 11) is -3.59. The summed E-state index contributed by atoms with van der Waals surface area (Å²) in [6.45, 7) is 3.31. The number of nitrogens with zero attached hydrogens (tertiary/aromatic N) is 2. The van der Waals surface area contributed by atoms with Crippen LogP contribution in [-0.2, 0) is 21.4 Å². The summed E-state index contributed by atoms with van der Waals surface area (Å²) in [6.07, 6.45) is 0. The predicted octanol–water partition coefficient (Wildman–Crippen LogP) is 2.49. The van der Waals surface area contributed by atoms with Crippen LogP contribution in [-0.4, -0.2) is 55.8 Å². The van der Waals surface area contributed by atoms with E-state index in [-0.39, 0.29) is 36.3 Å². The van der Waals surface area contributed by atoms with Crippen LogP contribution in [0, 0.1) is 5.82 Å². The van der Waals surface area contributed by atoms with Crippen LogP contribution in [0.15, 0.2) is 53.4 Å². The minimum atomic E-state index is -3.59. The van der Waals surface area contributed by atoms with E-state index in [0.29, 0.717) is 23.7 Å². The molecule has 0 bridgehead atoms. The summed E-state index contributed by atoms with van der Waals surface area (Å²) in [6, 6.07) is 11.9. The third-order valence-electron chi connectivity index (χ3n) is 5.06. The Balaban J connectivity index is 1.55. The fourth-order valence-corrected chi connectivity index (χ4v) is 4.77. The first kappa shape index (κ1) is 21.7. The number of carbonyl (C=O) groups excluding carboxylic acids is 1. The van der Waals surface area contributed by atoms with Gasteiger partial charge in [0.15, 0.2) is 0 Å². The van der Waals surface area contributed by atoms with Gasteiger partial charge in [-0.3, -0.25) is 9.69 Å². The highest BCUT2D eigenvalue weighted by Gasteiger charge is 2.31. The Kier molecular flexibility index (Phi) is 6.89.